The van der Waals surface area contributed by atoms with Crippen molar-refractivity contribution in [3.63, 3.8) is 0 Å². The van der Waals surface area contributed by atoms with Crippen LogP contribution in [0.1, 0.15) is 30.9 Å². The van der Waals surface area contributed by atoms with Gasteiger partial charge in [0.1, 0.15) is 5.60 Å². The van der Waals surface area contributed by atoms with Gasteiger partial charge >= 0.3 is 0 Å². The number of halogens is 1. The van der Waals surface area contributed by atoms with Gasteiger partial charge in [0.05, 0.1) is 4.83 Å². The monoisotopic (exact) mass is 318 g/mol. The van der Waals surface area contributed by atoms with Crippen molar-refractivity contribution in [2.45, 2.75) is 30.2 Å². The van der Waals surface area contributed by atoms with Crippen molar-refractivity contribution < 1.29 is 5.11 Å². The van der Waals surface area contributed by atoms with E-state index in [4.69, 9.17) is 0 Å². The number of hydrogen-bond donors (Lipinski definition) is 1. The van der Waals surface area contributed by atoms with Gasteiger partial charge in [-0.3, -0.25) is 0 Å². The summed E-state index contributed by atoms with van der Waals surface area (Å²) in [7, 11) is 0. The minimum Gasteiger partial charge on any atom is -0.379 e. The maximum absolute atomic E-state index is 11.3. The summed E-state index contributed by atoms with van der Waals surface area (Å²) >= 11 is 3.68. The summed E-state index contributed by atoms with van der Waals surface area (Å²) in [4.78, 5) is -0.00481. The normalized spacial score (nSPS) is 13.2. The van der Waals surface area contributed by atoms with Gasteiger partial charge in [-0.15, -0.1) is 0 Å². The number of benzene rings is 2. The first-order chi connectivity index (χ1) is 9.19. The Morgan fingerprint density at radius 2 is 1.37 bits per heavy atom. The molecule has 1 nitrogen and oxygen atoms in total. The molecule has 19 heavy (non-hydrogen) atoms. The third kappa shape index (κ3) is 2.90. The van der Waals surface area contributed by atoms with E-state index in [0.29, 0.717) is 0 Å². The zero-order valence-corrected chi connectivity index (χ0v) is 12.7. The lowest BCUT2D eigenvalue weighted by molar-refractivity contribution is 0.0772. The summed E-state index contributed by atoms with van der Waals surface area (Å²) in [5.74, 6) is 0. The smallest absolute Gasteiger partial charge is 0.127 e. The Hall–Kier alpha value is -1.12. The summed E-state index contributed by atoms with van der Waals surface area (Å²) in [6, 6.07) is 19.7. The third-order valence-corrected chi connectivity index (χ3v) is 4.54. The third-order valence-electron chi connectivity index (χ3n) is 3.42. The Morgan fingerprint density at radius 3 is 1.74 bits per heavy atom. The molecule has 0 bridgehead atoms. The van der Waals surface area contributed by atoms with Crippen LogP contribution >= 0.6 is 15.9 Å². The first kappa shape index (κ1) is 14.3. The zero-order chi connectivity index (χ0) is 13.7. The number of aliphatic hydroxyl groups is 1. The van der Waals surface area contributed by atoms with Crippen molar-refractivity contribution in [1.29, 1.82) is 0 Å². The summed E-state index contributed by atoms with van der Waals surface area (Å²) in [6.07, 6.45) is 1.94. The Morgan fingerprint density at radius 1 is 0.947 bits per heavy atom. The molecule has 0 amide bonds. The van der Waals surface area contributed by atoms with Gasteiger partial charge in [-0.2, -0.15) is 0 Å². The van der Waals surface area contributed by atoms with Crippen LogP contribution in [0.3, 0.4) is 0 Å². The fraction of sp³-hybridized carbons (Fsp3) is 0.294. The summed E-state index contributed by atoms with van der Waals surface area (Å²) < 4.78 is 0. The second-order valence-electron chi connectivity index (χ2n) is 4.75. The molecule has 1 atom stereocenters. The van der Waals surface area contributed by atoms with Gasteiger partial charge in [-0.25, -0.2) is 0 Å². The van der Waals surface area contributed by atoms with Gasteiger partial charge in [0.15, 0.2) is 0 Å². The summed E-state index contributed by atoms with van der Waals surface area (Å²) in [5.41, 5.74) is 0.867. The molecule has 0 saturated heterocycles. The van der Waals surface area contributed by atoms with Crippen molar-refractivity contribution in [3.8, 4) is 0 Å². The number of rotatable bonds is 5. The predicted molar refractivity (Wildman–Crippen MR) is 83.5 cm³/mol. The highest BCUT2D eigenvalue weighted by molar-refractivity contribution is 9.09. The van der Waals surface area contributed by atoms with Gasteiger partial charge < -0.3 is 5.11 Å². The first-order valence-corrected chi connectivity index (χ1v) is 7.58. The molecule has 0 aromatic heterocycles. The van der Waals surface area contributed by atoms with Crippen LogP contribution in [0.2, 0.25) is 0 Å². The Bertz CT molecular complexity index is 456. The highest BCUT2D eigenvalue weighted by atomic mass is 79.9. The van der Waals surface area contributed by atoms with Gasteiger partial charge in [-0.05, 0) is 17.5 Å². The van der Waals surface area contributed by atoms with E-state index < -0.39 is 5.60 Å². The fourth-order valence-electron chi connectivity index (χ4n) is 2.38. The molecule has 100 valence electrons. The van der Waals surface area contributed by atoms with E-state index in [9.17, 15) is 5.11 Å². The van der Waals surface area contributed by atoms with E-state index >= 15 is 0 Å². The van der Waals surface area contributed by atoms with Crippen molar-refractivity contribution in [2.75, 3.05) is 0 Å². The van der Waals surface area contributed by atoms with Gasteiger partial charge in [-0.1, -0.05) is 89.9 Å². The van der Waals surface area contributed by atoms with Crippen LogP contribution in [-0.4, -0.2) is 9.93 Å². The number of alkyl halides is 1. The average Bonchev–Trinajstić information content (AvgIpc) is 2.48. The molecule has 0 fully saturated rings. The predicted octanol–water partition coefficient (Wildman–Crippen LogP) is 4.49. The topological polar surface area (TPSA) is 20.2 Å². The van der Waals surface area contributed by atoms with Gasteiger partial charge in [0, 0.05) is 0 Å². The van der Waals surface area contributed by atoms with E-state index in [0.717, 1.165) is 24.0 Å². The number of hydrogen-bond acceptors (Lipinski definition) is 1. The molecule has 1 N–H and O–H groups in total. The fourth-order valence-corrected chi connectivity index (χ4v) is 3.36. The molecule has 0 aliphatic rings. The standard InChI is InChI=1S/C17H19BrO/c1-2-9-16(18)17(19,14-10-5-3-6-11-14)15-12-7-4-8-13-15/h3-8,10-13,16,19H,2,9H2,1H3. The van der Waals surface area contributed by atoms with Crippen LogP contribution < -0.4 is 0 Å². The van der Waals surface area contributed by atoms with Crippen LogP contribution in [0, 0.1) is 0 Å². The quantitative estimate of drug-likeness (QED) is 0.805. The van der Waals surface area contributed by atoms with E-state index in [2.05, 4.69) is 22.9 Å². The van der Waals surface area contributed by atoms with Crippen LogP contribution in [0.5, 0.6) is 0 Å². The van der Waals surface area contributed by atoms with Crippen molar-refractivity contribution in [1.82, 2.24) is 0 Å². The molecular weight excluding hydrogens is 300 g/mol. The first-order valence-electron chi connectivity index (χ1n) is 6.67. The van der Waals surface area contributed by atoms with Crippen molar-refractivity contribution in [2.24, 2.45) is 0 Å². The molecule has 2 aromatic carbocycles. The lowest BCUT2D eigenvalue weighted by Crippen LogP contribution is -2.37. The molecule has 0 aliphatic carbocycles. The molecule has 2 aromatic rings. The van der Waals surface area contributed by atoms with Crippen LogP contribution in [0.4, 0.5) is 0 Å². The molecule has 2 heteroatoms. The van der Waals surface area contributed by atoms with Gasteiger partial charge in [0.25, 0.3) is 0 Å². The van der Waals surface area contributed by atoms with Crippen molar-refractivity contribution in [3.05, 3.63) is 71.8 Å². The average molecular weight is 319 g/mol. The molecule has 0 aliphatic heterocycles. The lowest BCUT2D eigenvalue weighted by Gasteiger charge is -2.34. The van der Waals surface area contributed by atoms with E-state index in [1.807, 2.05) is 60.7 Å². The summed E-state index contributed by atoms with van der Waals surface area (Å²) in [5, 5.41) is 11.3. The minimum absolute atomic E-state index is 0.00481. The molecule has 0 heterocycles. The van der Waals surface area contributed by atoms with Crippen LogP contribution in [0.25, 0.3) is 0 Å². The second-order valence-corrected chi connectivity index (χ2v) is 5.86. The van der Waals surface area contributed by atoms with Crippen LogP contribution in [0.15, 0.2) is 60.7 Å². The highest BCUT2D eigenvalue weighted by Crippen LogP contribution is 2.38. The Balaban J connectivity index is 2.51. The molecule has 2 rings (SSSR count). The van der Waals surface area contributed by atoms with Crippen molar-refractivity contribution >= 4 is 15.9 Å². The maximum Gasteiger partial charge on any atom is 0.127 e. The molecule has 1 unspecified atom stereocenters. The second kappa shape index (κ2) is 6.36. The Kier molecular flexibility index (Phi) is 4.78. The maximum atomic E-state index is 11.3. The molecule has 0 radical (unpaired) electrons. The van der Waals surface area contributed by atoms with Gasteiger partial charge in [0.2, 0.25) is 0 Å². The largest absolute Gasteiger partial charge is 0.379 e. The Labute approximate surface area is 123 Å². The molecule has 0 spiro atoms. The van der Waals surface area contributed by atoms with E-state index in [1.165, 1.54) is 0 Å². The van der Waals surface area contributed by atoms with Crippen LogP contribution in [-0.2, 0) is 5.60 Å². The zero-order valence-electron chi connectivity index (χ0n) is 11.1. The SMILES string of the molecule is CCCC(Br)C(O)(c1ccccc1)c1ccccc1. The lowest BCUT2D eigenvalue weighted by atomic mass is 9.82. The molecular formula is C17H19BrO. The van der Waals surface area contributed by atoms with E-state index in [1.54, 1.807) is 0 Å². The van der Waals surface area contributed by atoms with E-state index in [-0.39, 0.29) is 4.83 Å². The molecule has 0 saturated carbocycles. The highest BCUT2D eigenvalue weighted by Gasteiger charge is 2.38. The summed E-state index contributed by atoms with van der Waals surface area (Å²) in [6.45, 7) is 2.13. The minimum atomic E-state index is -0.988.